The SMILES string of the molecule is FC(F)(F)C(F)(F)C(F)(F)C(F)(F)OC1CCCCO1. The van der Waals surface area contributed by atoms with Crippen LogP contribution in [0.1, 0.15) is 19.3 Å². The Hall–Kier alpha value is -0.710. The zero-order valence-electron chi connectivity index (χ0n) is 9.62. The Morgan fingerprint density at radius 3 is 1.75 bits per heavy atom. The van der Waals surface area contributed by atoms with Crippen molar-refractivity contribution in [2.45, 2.75) is 49.7 Å². The van der Waals surface area contributed by atoms with E-state index in [1.807, 2.05) is 0 Å². The predicted molar refractivity (Wildman–Crippen MR) is 45.6 cm³/mol. The molecule has 0 aliphatic carbocycles. The molecule has 1 saturated heterocycles. The Labute approximate surface area is 106 Å². The summed E-state index contributed by atoms with van der Waals surface area (Å²) in [4.78, 5) is 0. The molecule has 1 aliphatic heterocycles. The van der Waals surface area contributed by atoms with Gasteiger partial charge in [-0.3, -0.25) is 4.74 Å². The highest BCUT2D eigenvalue weighted by molar-refractivity contribution is 4.96. The Morgan fingerprint density at radius 1 is 0.800 bits per heavy atom. The minimum atomic E-state index is -6.95. The second-order valence-corrected chi connectivity index (χ2v) is 4.08. The lowest BCUT2D eigenvalue weighted by Gasteiger charge is -2.35. The van der Waals surface area contributed by atoms with Gasteiger partial charge < -0.3 is 4.74 Å². The van der Waals surface area contributed by atoms with Gasteiger partial charge in [0.2, 0.25) is 0 Å². The molecule has 0 spiro atoms. The molecule has 1 aliphatic rings. The van der Waals surface area contributed by atoms with Crippen LogP contribution in [0.25, 0.3) is 0 Å². The molecule has 1 atom stereocenters. The molecule has 0 amide bonds. The van der Waals surface area contributed by atoms with Crippen molar-refractivity contribution in [1.29, 1.82) is 0 Å². The maximum Gasteiger partial charge on any atom is 0.460 e. The normalized spacial score (nSPS) is 22.9. The van der Waals surface area contributed by atoms with E-state index in [-0.39, 0.29) is 19.4 Å². The largest absolute Gasteiger partial charge is 0.460 e. The van der Waals surface area contributed by atoms with Crippen LogP contribution < -0.4 is 0 Å². The summed E-state index contributed by atoms with van der Waals surface area (Å²) in [5.74, 6) is -13.7. The molecule has 0 aromatic rings. The summed E-state index contributed by atoms with van der Waals surface area (Å²) in [5.41, 5.74) is 0. The molecule has 20 heavy (non-hydrogen) atoms. The van der Waals surface area contributed by atoms with Crippen LogP contribution in [-0.4, -0.2) is 37.0 Å². The Balaban J connectivity index is 2.93. The zero-order valence-corrected chi connectivity index (χ0v) is 9.62. The van der Waals surface area contributed by atoms with Crippen molar-refractivity contribution in [2.24, 2.45) is 0 Å². The molecule has 1 rings (SSSR count). The second-order valence-electron chi connectivity index (χ2n) is 4.08. The number of hydrogen-bond donors (Lipinski definition) is 0. The first-order valence-electron chi connectivity index (χ1n) is 5.32. The van der Waals surface area contributed by atoms with Gasteiger partial charge in [0.05, 0.1) is 0 Å². The monoisotopic (exact) mass is 320 g/mol. The van der Waals surface area contributed by atoms with Crippen LogP contribution in [0.3, 0.4) is 0 Å². The molecule has 0 radical (unpaired) electrons. The van der Waals surface area contributed by atoms with Crippen LogP contribution in [-0.2, 0) is 9.47 Å². The van der Waals surface area contributed by atoms with Gasteiger partial charge in [-0.2, -0.15) is 39.5 Å². The molecule has 1 heterocycles. The average molecular weight is 320 g/mol. The van der Waals surface area contributed by atoms with Gasteiger partial charge in [0.25, 0.3) is 0 Å². The van der Waals surface area contributed by atoms with Gasteiger partial charge in [-0.05, 0) is 19.3 Å². The van der Waals surface area contributed by atoms with Crippen LogP contribution in [0.15, 0.2) is 0 Å². The molecular formula is C9H9F9O2. The highest BCUT2D eigenvalue weighted by atomic mass is 19.4. The summed E-state index contributed by atoms with van der Waals surface area (Å²) in [5, 5.41) is 0. The molecule has 11 heteroatoms. The van der Waals surface area contributed by atoms with E-state index in [0.717, 1.165) is 0 Å². The lowest BCUT2D eigenvalue weighted by molar-refractivity contribution is -0.462. The molecule has 120 valence electrons. The van der Waals surface area contributed by atoms with Crippen molar-refractivity contribution in [3.63, 3.8) is 0 Å². The van der Waals surface area contributed by atoms with Crippen molar-refractivity contribution in [1.82, 2.24) is 0 Å². The first-order valence-corrected chi connectivity index (χ1v) is 5.32. The molecular weight excluding hydrogens is 311 g/mol. The number of alkyl halides is 9. The van der Waals surface area contributed by atoms with E-state index in [4.69, 9.17) is 0 Å². The smallest absolute Gasteiger partial charge is 0.352 e. The van der Waals surface area contributed by atoms with Crippen molar-refractivity contribution in [2.75, 3.05) is 6.61 Å². The summed E-state index contributed by atoms with van der Waals surface area (Å²) in [6.07, 6.45) is -14.5. The fraction of sp³-hybridized carbons (Fsp3) is 1.00. The van der Waals surface area contributed by atoms with Gasteiger partial charge in [-0.15, -0.1) is 0 Å². The Bertz CT molecular complexity index is 333. The van der Waals surface area contributed by atoms with Crippen LogP contribution in [0.4, 0.5) is 39.5 Å². The summed E-state index contributed by atoms with van der Waals surface area (Å²) in [6, 6.07) is 0. The third kappa shape index (κ3) is 2.97. The summed E-state index contributed by atoms with van der Waals surface area (Å²) in [6.45, 7) is -0.151. The van der Waals surface area contributed by atoms with E-state index in [2.05, 4.69) is 9.47 Å². The third-order valence-electron chi connectivity index (χ3n) is 2.53. The number of halogens is 9. The fourth-order valence-electron chi connectivity index (χ4n) is 1.40. The van der Waals surface area contributed by atoms with Crippen molar-refractivity contribution < 1.29 is 49.0 Å². The van der Waals surface area contributed by atoms with Crippen molar-refractivity contribution in [3.05, 3.63) is 0 Å². The van der Waals surface area contributed by atoms with E-state index >= 15 is 0 Å². The fourth-order valence-corrected chi connectivity index (χ4v) is 1.40. The van der Waals surface area contributed by atoms with Crippen LogP contribution in [0.5, 0.6) is 0 Å². The van der Waals surface area contributed by atoms with E-state index in [1.165, 1.54) is 0 Å². The zero-order chi connectivity index (χ0) is 15.8. The maximum atomic E-state index is 13.0. The average Bonchev–Trinajstić information content (AvgIpc) is 2.27. The Morgan fingerprint density at radius 2 is 1.35 bits per heavy atom. The molecule has 1 fully saturated rings. The second kappa shape index (κ2) is 5.24. The Kier molecular flexibility index (Phi) is 4.55. The van der Waals surface area contributed by atoms with Crippen molar-refractivity contribution >= 4 is 0 Å². The third-order valence-corrected chi connectivity index (χ3v) is 2.53. The summed E-state index contributed by atoms with van der Waals surface area (Å²) >= 11 is 0. The standard InChI is InChI=1S/C9H9F9O2/c10-6(11,8(14,15)16)7(12,13)9(17,18)20-5-3-1-2-4-19-5/h5H,1-4H2. The van der Waals surface area contributed by atoms with E-state index in [0.29, 0.717) is 6.42 Å². The summed E-state index contributed by atoms with van der Waals surface area (Å²) < 4.78 is 120. The van der Waals surface area contributed by atoms with E-state index in [1.54, 1.807) is 0 Å². The predicted octanol–water partition coefficient (Wildman–Crippen LogP) is 3.96. The summed E-state index contributed by atoms with van der Waals surface area (Å²) in [7, 11) is 0. The van der Waals surface area contributed by atoms with Crippen LogP contribution in [0, 0.1) is 0 Å². The molecule has 0 N–H and O–H groups in total. The van der Waals surface area contributed by atoms with Gasteiger partial charge in [0, 0.05) is 6.61 Å². The molecule has 0 aromatic carbocycles. The van der Waals surface area contributed by atoms with E-state index in [9.17, 15) is 39.5 Å². The van der Waals surface area contributed by atoms with Crippen LogP contribution >= 0.6 is 0 Å². The van der Waals surface area contributed by atoms with E-state index < -0.39 is 30.4 Å². The lowest BCUT2D eigenvalue weighted by atomic mass is 10.1. The highest BCUT2D eigenvalue weighted by Crippen LogP contribution is 2.53. The van der Waals surface area contributed by atoms with Gasteiger partial charge in [-0.25, -0.2) is 0 Å². The first kappa shape index (κ1) is 17.3. The van der Waals surface area contributed by atoms with Gasteiger partial charge in [0.15, 0.2) is 6.29 Å². The topological polar surface area (TPSA) is 18.5 Å². The molecule has 1 unspecified atom stereocenters. The molecule has 0 aromatic heterocycles. The maximum absolute atomic E-state index is 13.0. The number of rotatable bonds is 4. The van der Waals surface area contributed by atoms with Gasteiger partial charge >= 0.3 is 24.1 Å². The van der Waals surface area contributed by atoms with Crippen LogP contribution in [0.2, 0.25) is 0 Å². The highest BCUT2D eigenvalue weighted by Gasteiger charge is 2.83. The lowest BCUT2D eigenvalue weighted by Crippen LogP contribution is -2.62. The van der Waals surface area contributed by atoms with Gasteiger partial charge in [0.1, 0.15) is 0 Å². The van der Waals surface area contributed by atoms with Gasteiger partial charge in [-0.1, -0.05) is 0 Å². The van der Waals surface area contributed by atoms with Crippen molar-refractivity contribution in [3.8, 4) is 0 Å². The minimum Gasteiger partial charge on any atom is -0.352 e. The molecule has 0 saturated carbocycles. The number of ether oxygens (including phenoxy) is 2. The molecule has 0 bridgehead atoms. The minimum absolute atomic E-state index is 0.151. The quantitative estimate of drug-likeness (QED) is 0.730. The molecule has 2 nitrogen and oxygen atoms in total. The number of hydrogen-bond acceptors (Lipinski definition) is 2. The first-order chi connectivity index (χ1) is 8.83.